The highest BCUT2D eigenvalue weighted by molar-refractivity contribution is 5.44. The number of halogens is 3. The number of hydrogen-bond donors (Lipinski definition) is 1. The molecule has 1 aromatic heterocycles. The Morgan fingerprint density at radius 1 is 1.05 bits per heavy atom. The Morgan fingerprint density at radius 3 is 2.29 bits per heavy atom. The van der Waals surface area contributed by atoms with Gasteiger partial charge in [-0.2, -0.15) is 13.2 Å². The number of anilines is 1. The fourth-order valence-corrected chi connectivity index (χ4v) is 1.93. The molecule has 21 heavy (non-hydrogen) atoms. The lowest BCUT2D eigenvalue weighted by molar-refractivity contribution is -0.137. The van der Waals surface area contributed by atoms with Crippen molar-refractivity contribution in [1.29, 1.82) is 0 Å². The van der Waals surface area contributed by atoms with Crippen LogP contribution in [0.25, 0.3) is 0 Å². The number of alkyl halides is 3. The second-order valence-corrected chi connectivity index (χ2v) is 4.76. The first kappa shape index (κ1) is 15.4. The monoisotopic (exact) mass is 294 g/mol. The van der Waals surface area contributed by atoms with Gasteiger partial charge in [0, 0.05) is 30.5 Å². The summed E-state index contributed by atoms with van der Waals surface area (Å²) in [6.07, 6.45) is -1.88. The molecule has 0 saturated heterocycles. The van der Waals surface area contributed by atoms with Gasteiger partial charge in [0.2, 0.25) is 0 Å². The van der Waals surface area contributed by atoms with Crippen molar-refractivity contribution in [3.05, 3.63) is 59.4 Å². The molecule has 1 heterocycles. The molecule has 0 atom stereocenters. The quantitative estimate of drug-likeness (QED) is 0.888. The van der Waals surface area contributed by atoms with E-state index in [0.29, 0.717) is 18.7 Å². The predicted octanol–water partition coefficient (Wildman–Crippen LogP) is 4.32. The molecule has 112 valence electrons. The Labute approximate surface area is 122 Å². The molecule has 1 N–H and O–H groups in total. The minimum Gasteiger partial charge on any atom is -0.385 e. The van der Waals surface area contributed by atoms with Crippen molar-refractivity contribution in [3.8, 4) is 0 Å². The molecule has 2 aromatic rings. The van der Waals surface area contributed by atoms with Gasteiger partial charge in [-0.3, -0.25) is 4.98 Å². The summed E-state index contributed by atoms with van der Waals surface area (Å²) in [5.74, 6) is 0. The Balaban J connectivity index is 1.85. The Kier molecular flexibility index (Phi) is 4.83. The molecule has 2 rings (SSSR count). The molecule has 0 bridgehead atoms. The highest BCUT2D eigenvalue weighted by atomic mass is 19.4. The van der Waals surface area contributed by atoms with E-state index in [1.807, 2.05) is 12.1 Å². The van der Waals surface area contributed by atoms with Gasteiger partial charge in [0.1, 0.15) is 0 Å². The Bertz CT molecular complexity index is 560. The predicted molar refractivity (Wildman–Crippen MR) is 77.3 cm³/mol. The van der Waals surface area contributed by atoms with Gasteiger partial charge in [-0.15, -0.1) is 0 Å². The van der Waals surface area contributed by atoms with Crippen LogP contribution in [0, 0.1) is 0 Å². The second-order valence-electron chi connectivity index (χ2n) is 4.76. The molecule has 0 spiro atoms. The van der Waals surface area contributed by atoms with Gasteiger partial charge in [-0.25, -0.2) is 0 Å². The van der Waals surface area contributed by atoms with Gasteiger partial charge in [0.05, 0.1) is 5.56 Å². The fourth-order valence-electron chi connectivity index (χ4n) is 1.93. The van der Waals surface area contributed by atoms with Crippen LogP contribution >= 0.6 is 0 Å². The molecule has 0 amide bonds. The van der Waals surface area contributed by atoms with Crippen LogP contribution in [0.15, 0.2) is 42.6 Å². The second kappa shape index (κ2) is 6.61. The topological polar surface area (TPSA) is 24.9 Å². The zero-order chi connectivity index (χ0) is 15.3. The molecular weight excluding hydrogens is 277 g/mol. The zero-order valence-electron chi connectivity index (χ0n) is 11.7. The SMILES string of the molecule is CCc1ccc(NCCc2ccc(C(F)(F)F)cn2)cc1. The maximum absolute atomic E-state index is 12.4. The van der Waals surface area contributed by atoms with Crippen LogP contribution in [0.1, 0.15) is 23.7 Å². The molecule has 0 aliphatic carbocycles. The van der Waals surface area contributed by atoms with Crippen molar-refractivity contribution >= 4 is 5.69 Å². The number of aryl methyl sites for hydroxylation is 1. The van der Waals surface area contributed by atoms with Crippen LogP contribution in [0.5, 0.6) is 0 Å². The molecule has 0 radical (unpaired) electrons. The first-order valence-electron chi connectivity index (χ1n) is 6.84. The molecule has 0 saturated carbocycles. The highest BCUT2D eigenvalue weighted by Gasteiger charge is 2.30. The molecule has 0 unspecified atom stereocenters. The Hall–Kier alpha value is -2.04. The molecule has 1 aromatic carbocycles. The van der Waals surface area contributed by atoms with Gasteiger partial charge in [0.25, 0.3) is 0 Å². The van der Waals surface area contributed by atoms with Crippen LogP contribution in [0.4, 0.5) is 18.9 Å². The van der Waals surface area contributed by atoms with Crippen LogP contribution in [-0.2, 0) is 19.0 Å². The Morgan fingerprint density at radius 2 is 1.76 bits per heavy atom. The number of benzene rings is 1. The number of aromatic nitrogens is 1. The van der Waals surface area contributed by atoms with E-state index in [9.17, 15) is 13.2 Å². The lowest BCUT2D eigenvalue weighted by Crippen LogP contribution is -2.08. The van der Waals surface area contributed by atoms with E-state index in [4.69, 9.17) is 0 Å². The normalized spacial score (nSPS) is 11.4. The first-order chi connectivity index (χ1) is 9.99. The van der Waals surface area contributed by atoms with E-state index < -0.39 is 11.7 Å². The van der Waals surface area contributed by atoms with Crippen LogP contribution in [0.3, 0.4) is 0 Å². The molecule has 0 aliphatic heterocycles. The number of pyridine rings is 1. The average Bonchev–Trinajstić information content (AvgIpc) is 2.47. The first-order valence-corrected chi connectivity index (χ1v) is 6.84. The fraction of sp³-hybridized carbons (Fsp3) is 0.312. The van der Waals surface area contributed by atoms with E-state index >= 15 is 0 Å². The van der Waals surface area contributed by atoms with E-state index in [1.54, 1.807) is 0 Å². The van der Waals surface area contributed by atoms with E-state index in [1.165, 1.54) is 11.6 Å². The highest BCUT2D eigenvalue weighted by Crippen LogP contribution is 2.28. The maximum Gasteiger partial charge on any atom is 0.417 e. The third kappa shape index (κ3) is 4.48. The standard InChI is InChI=1S/C16H17F3N2/c1-2-12-3-6-14(7-4-12)20-10-9-15-8-5-13(11-21-15)16(17,18)19/h3-8,11,20H,2,9-10H2,1H3. The summed E-state index contributed by atoms with van der Waals surface area (Å²) in [5, 5.41) is 3.23. The van der Waals surface area contributed by atoms with Crippen LogP contribution in [0.2, 0.25) is 0 Å². The van der Waals surface area contributed by atoms with Gasteiger partial charge < -0.3 is 5.32 Å². The van der Waals surface area contributed by atoms with E-state index in [2.05, 4.69) is 29.4 Å². The van der Waals surface area contributed by atoms with E-state index in [0.717, 1.165) is 24.4 Å². The number of rotatable bonds is 5. The van der Waals surface area contributed by atoms with Gasteiger partial charge in [-0.1, -0.05) is 19.1 Å². The number of nitrogens with one attached hydrogen (secondary N) is 1. The number of nitrogens with zero attached hydrogens (tertiary/aromatic N) is 1. The summed E-state index contributed by atoms with van der Waals surface area (Å²) in [6, 6.07) is 10.6. The summed E-state index contributed by atoms with van der Waals surface area (Å²) < 4.78 is 37.2. The molecule has 0 aliphatic rings. The van der Waals surface area contributed by atoms with Gasteiger partial charge in [-0.05, 0) is 36.2 Å². The zero-order valence-corrected chi connectivity index (χ0v) is 11.7. The van der Waals surface area contributed by atoms with Gasteiger partial charge in [0.15, 0.2) is 0 Å². The summed E-state index contributed by atoms with van der Waals surface area (Å²) >= 11 is 0. The third-order valence-corrected chi connectivity index (χ3v) is 3.22. The lowest BCUT2D eigenvalue weighted by atomic mass is 10.1. The van der Waals surface area contributed by atoms with Crippen LogP contribution in [-0.4, -0.2) is 11.5 Å². The number of hydrogen-bond acceptors (Lipinski definition) is 2. The molecule has 2 nitrogen and oxygen atoms in total. The van der Waals surface area contributed by atoms with E-state index in [-0.39, 0.29) is 0 Å². The molecule has 5 heteroatoms. The smallest absolute Gasteiger partial charge is 0.385 e. The summed E-state index contributed by atoms with van der Waals surface area (Å²) in [7, 11) is 0. The van der Waals surface area contributed by atoms with Crippen molar-refractivity contribution in [3.63, 3.8) is 0 Å². The molecule has 0 fully saturated rings. The van der Waals surface area contributed by atoms with Crippen molar-refractivity contribution < 1.29 is 13.2 Å². The van der Waals surface area contributed by atoms with Crippen molar-refractivity contribution in [2.75, 3.05) is 11.9 Å². The third-order valence-electron chi connectivity index (χ3n) is 3.22. The van der Waals surface area contributed by atoms with Crippen molar-refractivity contribution in [1.82, 2.24) is 4.98 Å². The maximum atomic E-state index is 12.4. The largest absolute Gasteiger partial charge is 0.417 e. The van der Waals surface area contributed by atoms with Crippen LogP contribution < -0.4 is 5.32 Å². The van der Waals surface area contributed by atoms with Gasteiger partial charge >= 0.3 is 6.18 Å². The minimum atomic E-state index is -4.33. The average molecular weight is 294 g/mol. The summed E-state index contributed by atoms with van der Waals surface area (Å²) in [6.45, 7) is 2.72. The van der Waals surface area contributed by atoms with Crippen molar-refractivity contribution in [2.24, 2.45) is 0 Å². The summed E-state index contributed by atoms with van der Waals surface area (Å²) in [4.78, 5) is 3.84. The minimum absolute atomic E-state index is 0.577. The van der Waals surface area contributed by atoms with Crippen molar-refractivity contribution in [2.45, 2.75) is 25.9 Å². The molecular formula is C16H17F3N2. The lowest BCUT2D eigenvalue weighted by Gasteiger charge is -2.08. The summed E-state index contributed by atoms with van der Waals surface area (Å²) in [5.41, 5.74) is 2.19.